The Bertz CT molecular complexity index is 880. The van der Waals surface area contributed by atoms with Crippen molar-refractivity contribution in [1.29, 1.82) is 0 Å². The molecule has 0 saturated carbocycles. The number of hydrogen-bond donors (Lipinski definition) is 1. The van der Waals surface area contributed by atoms with E-state index in [9.17, 15) is 5.11 Å². The van der Waals surface area contributed by atoms with Crippen LogP contribution in [-0.4, -0.2) is 60.3 Å². The van der Waals surface area contributed by atoms with Gasteiger partial charge < -0.3 is 14.7 Å². The lowest BCUT2D eigenvalue weighted by atomic mass is 9.66. The Hall–Kier alpha value is -1.52. The van der Waals surface area contributed by atoms with Gasteiger partial charge in [0.25, 0.3) is 0 Å². The number of rotatable bonds is 8. The molecule has 3 aliphatic rings. The molecule has 0 radical (unpaired) electrons. The molecule has 2 atom stereocenters. The number of ether oxygens (including phenoxy) is 1. The number of likely N-dealkylation sites (N-methyl/N-ethyl adjacent to an activating group) is 1. The van der Waals surface area contributed by atoms with E-state index in [0.717, 1.165) is 63.3 Å². The van der Waals surface area contributed by atoms with E-state index in [-0.39, 0.29) is 11.0 Å². The van der Waals surface area contributed by atoms with Gasteiger partial charge in [0.1, 0.15) is 17.1 Å². The Morgan fingerprint density at radius 3 is 2.53 bits per heavy atom. The third-order valence-electron chi connectivity index (χ3n) is 8.84. The lowest BCUT2D eigenvalue weighted by Gasteiger charge is -2.48. The molecular formula is C30H48N2O2. The average molecular weight is 469 g/mol. The fraction of sp³-hybridized carbons (Fsp3) is 0.733. The molecule has 0 aromatic heterocycles. The SMILES string of the molecule is CCCCCCC(C)(C)c1cc(O)c2c(c1)OC(C)(C)[C@H]1CC=C(CN3CCN(C)CC3)C[C@H]21. The van der Waals surface area contributed by atoms with Crippen molar-refractivity contribution in [2.75, 3.05) is 39.8 Å². The first-order valence-electron chi connectivity index (χ1n) is 13.8. The fourth-order valence-electron chi connectivity index (χ4n) is 6.42. The molecule has 4 nitrogen and oxygen atoms in total. The summed E-state index contributed by atoms with van der Waals surface area (Å²) in [5.41, 5.74) is 3.60. The second kappa shape index (κ2) is 10.2. The van der Waals surface area contributed by atoms with Crippen LogP contribution in [0.15, 0.2) is 23.8 Å². The van der Waals surface area contributed by atoms with Crippen molar-refractivity contribution in [3.8, 4) is 11.5 Å². The molecule has 1 aromatic carbocycles. The van der Waals surface area contributed by atoms with Gasteiger partial charge in [0, 0.05) is 50.1 Å². The number of piperazine rings is 1. The lowest BCUT2D eigenvalue weighted by Crippen LogP contribution is -2.47. The number of aromatic hydroxyl groups is 1. The minimum Gasteiger partial charge on any atom is -0.508 e. The molecule has 1 fully saturated rings. The van der Waals surface area contributed by atoms with Crippen LogP contribution in [0, 0.1) is 5.92 Å². The van der Waals surface area contributed by atoms with Crippen LogP contribution in [0.25, 0.3) is 0 Å². The molecule has 0 bridgehead atoms. The van der Waals surface area contributed by atoms with E-state index < -0.39 is 0 Å². The monoisotopic (exact) mass is 468 g/mol. The highest BCUT2D eigenvalue weighted by Gasteiger charge is 2.46. The van der Waals surface area contributed by atoms with Crippen molar-refractivity contribution < 1.29 is 9.84 Å². The van der Waals surface area contributed by atoms with Crippen LogP contribution < -0.4 is 4.74 Å². The molecule has 190 valence electrons. The summed E-state index contributed by atoms with van der Waals surface area (Å²) in [4.78, 5) is 5.02. The van der Waals surface area contributed by atoms with Gasteiger partial charge in [-0.25, -0.2) is 0 Å². The summed E-state index contributed by atoms with van der Waals surface area (Å²) in [5.74, 6) is 2.09. The zero-order chi connectivity index (χ0) is 24.5. The number of hydrogen-bond acceptors (Lipinski definition) is 4. The van der Waals surface area contributed by atoms with E-state index in [1.807, 2.05) is 0 Å². The molecule has 1 aromatic rings. The van der Waals surface area contributed by atoms with Gasteiger partial charge in [-0.3, -0.25) is 4.90 Å². The largest absolute Gasteiger partial charge is 0.508 e. The van der Waals surface area contributed by atoms with Crippen LogP contribution in [-0.2, 0) is 5.41 Å². The second-order valence-electron chi connectivity index (χ2n) is 12.4. The van der Waals surface area contributed by atoms with Crippen LogP contribution >= 0.6 is 0 Å². The molecular weight excluding hydrogens is 420 g/mol. The van der Waals surface area contributed by atoms with Gasteiger partial charge in [-0.1, -0.05) is 58.1 Å². The highest BCUT2D eigenvalue weighted by Crippen LogP contribution is 2.55. The Labute approximate surface area is 208 Å². The van der Waals surface area contributed by atoms with E-state index in [2.05, 4.69) is 69.7 Å². The Morgan fingerprint density at radius 1 is 1.09 bits per heavy atom. The van der Waals surface area contributed by atoms with Gasteiger partial charge in [0.05, 0.1) is 0 Å². The highest BCUT2D eigenvalue weighted by molar-refractivity contribution is 5.54. The van der Waals surface area contributed by atoms with E-state index in [4.69, 9.17) is 4.74 Å². The number of allylic oxidation sites excluding steroid dienone is 1. The van der Waals surface area contributed by atoms with Crippen molar-refractivity contribution in [1.82, 2.24) is 9.80 Å². The fourth-order valence-corrected chi connectivity index (χ4v) is 6.42. The quantitative estimate of drug-likeness (QED) is 0.350. The summed E-state index contributed by atoms with van der Waals surface area (Å²) in [6.07, 6.45) is 10.8. The predicted molar refractivity (Wildman–Crippen MR) is 142 cm³/mol. The van der Waals surface area contributed by atoms with Crippen LogP contribution in [0.2, 0.25) is 0 Å². The Balaban J connectivity index is 1.55. The summed E-state index contributed by atoms with van der Waals surface area (Å²) < 4.78 is 6.64. The first-order valence-corrected chi connectivity index (χ1v) is 13.8. The zero-order valence-electron chi connectivity index (χ0n) is 22.6. The predicted octanol–water partition coefficient (Wildman–Crippen LogP) is 6.48. The third-order valence-corrected chi connectivity index (χ3v) is 8.84. The lowest BCUT2D eigenvalue weighted by molar-refractivity contribution is 0.00671. The van der Waals surface area contributed by atoms with Crippen LogP contribution in [0.5, 0.6) is 11.5 Å². The van der Waals surface area contributed by atoms with E-state index in [0.29, 0.717) is 17.6 Å². The van der Waals surface area contributed by atoms with Crippen LogP contribution in [0.3, 0.4) is 0 Å². The molecule has 1 aliphatic carbocycles. The van der Waals surface area contributed by atoms with Gasteiger partial charge >= 0.3 is 0 Å². The first-order chi connectivity index (χ1) is 16.1. The molecule has 0 unspecified atom stereocenters. The van der Waals surface area contributed by atoms with Crippen molar-refractivity contribution in [2.45, 2.75) is 96.5 Å². The molecule has 4 heteroatoms. The van der Waals surface area contributed by atoms with Crippen molar-refractivity contribution in [3.63, 3.8) is 0 Å². The van der Waals surface area contributed by atoms with Crippen LogP contribution in [0.1, 0.15) is 96.6 Å². The smallest absolute Gasteiger partial charge is 0.127 e. The number of fused-ring (bicyclic) bond motifs is 3. The topological polar surface area (TPSA) is 35.9 Å². The summed E-state index contributed by atoms with van der Waals surface area (Å²) >= 11 is 0. The first kappa shape index (κ1) is 25.6. The van der Waals surface area contributed by atoms with Gasteiger partial charge in [0.2, 0.25) is 0 Å². The second-order valence-corrected chi connectivity index (χ2v) is 12.4. The minimum atomic E-state index is -0.232. The molecule has 34 heavy (non-hydrogen) atoms. The Kier molecular flexibility index (Phi) is 7.69. The van der Waals surface area contributed by atoms with Crippen molar-refractivity contribution in [2.24, 2.45) is 5.92 Å². The molecule has 4 rings (SSSR count). The summed E-state index contributed by atoms with van der Waals surface area (Å²) in [6, 6.07) is 4.31. The standard InChI is InChI=1S/C30H48N2O2/c1-7-8-9-10-13-29(2,3)23-19-26(33)28-24-18-22(21-32-16-14-31(6)15-17-32)11-12-25(24)30(4,5)34-27(28)20-23/h11,19-20,24-25,33H,7-10,12-18,21H2,1-6H3/t24-,25-/m0/s1. The van der Waals surface area contributed by atoms with E-state index in [1.165, 1.54) is 36.8 Å². The number of unbranched alkanes of at least 4 members (excludes halogenated alkanes) is 3. The molecule has 1 saturated heterocycles. The zero-order valence-corrected chi connectivity index (χ0v) is 22.6. The summed E-state index contributed by atoms with van der Waals surface area (Å²) in [6.45, 7) is 17.0. The molecule has 2 heterocycles. The van der Waals surface area contributed by atoms with E-state index >= 15 is 0 Å². The maximum atomic E-state index is 11.3. The number of nitrogens with zero attached hydrogens (tertiary/aromatic N) is 2. The maximum absolute atomic E-state index is 11.3. The van der Waals surface area contributed by atoms with Crippen molar-refractivity contribution >= 4 is 0 Å². The normalized spacial score (nSPS) is 25.3. The van der Waals surface area contributed by atoms with Gasteiger partial charge in [0.15, 0.2) is 0 Å². The molecule has 0 spiro atoms. The third kappa shape index (κ3) is 5.49. The molecule has 0 amide bonds. The van der Waals surface area contributed by atoms with Gasteiger partial charge in [-0.15, -0.1) is 0 Å². The van der Waals surface area contributed by atoms with E-state index in [1.54, 1.807) is 0 Å². The maximum Gasteiger partial charge on any atom is 0.127 e. The molecule has 2 aliphatic heterocycles. The van der Waals surface area contributed by atoms with Crippen molar-refractivity contribution in [3.05, 3.63) is 34.9 Å². The molecule has 1 N–H and O–H groups in total. The Morgan fingerprint density at radius 2 is 1.82 bits per heavy atom. The van der Waals surface area contributed by atoms with Gasteiger partial charge in [-0.2, -0.15) is 0 Å². The highest BCUT2D eigenvalue weighted by atomic mass is 16.5. The number of phenols is 1. The average Bonchev–Trinajstić information content (AvgIpc) is 2.77. The minimum absolute atomic E-state index is 0.0314. The number of phenolic OH excluding ortho intramolecular Hbond substituents is 1. The van der Waals surface area contributed by atoms with Crippen LogP contribution in [0.4, 0.5) is 0 Å². The summed E-state index contributed by atoms with van der Waals surface area (Å²) in [7, 11) is 2.21. The number of benzene rings is 1. The van der Waals surface area contributed by atoms with Gasteiger partial charge in [-0.05, 0) is 63.3 Å². The summed E-state index contributed by atoms with van der Waals surface area (Å²) in [5, 5.41) is 11.3.